The van der Waals surface area contributed by atoms with Gasteiger partial charge in [0.15, 0.2) is 0 Å². The number of pyridine rings is 1. The van der Waals surface area contributed by atoms with Crippen LogP contribution in [0.4, 0.5) is 10.6 Å². The number of nitrogens with two attached hydrogens (primary N) is 1. The van der Waals surface area contributed by atoms with E-state index in [0.29, 0.717) is 18.8 Å². The van der Waals surface area contributed by atoms with Gasteiger partial charge in [0.05, 0.1) is 6.04 Å². The van der Waals surface area contributed by atoms with Gasteiger partial charge in [-0.15, -0.1) is 0 Å². The quantitative estimate of drug-likeness (QED) is 0.569. The average molecular weight is 508 g/mol. The molecule has 9 heteroatoms. The number of carbonyl (C=O) groups excluding carboxylic acids is 3. The number of amides is 3. The first-order chi connectivity index (χ1) is 17.5. The van der Waals surface area contributed by atoms with Crippen LogP contribution in [0.15, 0.2) is 42.5 Å². The van der Waals surface area contributed by atoms with Gasteiger partial charge < -0.3 is 21.1 Å². The number of carbonyl (C=O) groups is 3. The molecule has 1 aromatic heterocycles. The summed E-state index contributed by atoms with van der Waals surface area (Å²) in [5, 5.41) is 5.86. The molecule has 1 saturated heterocycles. The summed E-state index contributed by atoms with van der Waals surface area (Å²) in [4.78, 5) is 45.3. The normalized spacial score (nSPS) is 22.1. The lowest BCUT2D eigenvalue weighted by Gasteiger charge is -2.39. The van der Waals surface area contributed by atoms with Gasteiger partial charge in [-0.1, -0.05) is 36.4 Å². The molecule has 2 aliphatic rings. The number of aromatic nitrogens is 1. The van der Waals surface area contributed by atoms with E-state index in [0.717, 1.165) is 36.1 Å². The van der Waals surface area contributed by atoms with Crippen LogP contribution in [0.2, 0.25) is 0 Å². The Balaban J connectivity index is 1.44. The second-order valence-electron chi connectivity index (χ2n) is 10.9. The molecule has 1 aliphatic carbocycles. The highest BCUT2D eigenvalue weighted by Gasteiger charge is 2.39. The Morgan fingerprint density at radius 2 is 1.84 bits per heavy atom. The molecule has 1 aliphatic heterocycles. The topological polar surface area (TPSA) is 127 Å². The van der Waals surface area contributed by atoms with E-state index in [1.807, 2.05) is 36.4 Å². The highest BCUT2D eigenvalue weighted by molar-refractivity contribution is 5.91. The minimum Gasteiger partial charge on any atom is -0.444 e. The summed E-state index contributed by atoms with van der Waals surface area (Å²) < 4.78 is 5.59. The lowest BCUT2D eigenvalue weighted by atomic mass is 9.85. The van der Waals surface area contributed by atoms with Gasteiger partial charge in [-0.25, -0.2) is 9.78 Å². The lowest BCUT2D eigenvalue weighted by Crippen LogP contribution is -2.57. The first kappa shape index (κ1) is 26.4. The van der Waals surface area contributed by atoms with Gasteiger partial charge in [0.25, 0.3) is 0 Å². The number of nitrogens with zero attached hydrogens (tertiary/aromatic N) is 2. The Labute approximate surface area is 218 Å². The van der Waals surface area contributed by atoms with Crippen molar-refractivity contribution in [3.05, 3.63) is 59.3 Å². The Bertz CT molecular complexity index is 1150. The number of benzene rings is 1. The van der Waals surface area contributed by atoms with Gasteiger partial charge in [0.2, 0.25) is 11.8 Å². The van der Waals surface area contributed by atoms with E-state index < -0.39 is 23.8 Å². The highest BCUT2D eigenvalue weighted by atomic mass is 16.6. The number of piperidine rings is 1. The molecular formula is C28H37N5O4. The summed E-state index contributed by atoms with van der Waals surface area (Å²) in [7, 11) is 0. The zero-order valence-corrected chi connectivity index (χ0v) is 22.0. The molecule has 2 heterocycles. The number of nitrogens with one attached hydrogen (secondary N) is 2. The van der Waals surface area contributed by atoms with Crippen molar-refractivity contribution in [1.82, 2.24) is 20.5 Å². The summed E-state index contributed by atoms with van der Waals surface area (Å²) in [5.74, 6) is -0.0745. The van der Waals surface area contributed by atoms with E-state index in [9.17, 15) is 14.4 Å². The standard InChI is InChI=1S/C28H37N5O4/c1-17(25(34)32-22-12-11-21-20(22)10-13-24(29)31-21)30-26(35)23-16-19(18-8-6-5-7-9-18)14-15-33(23)27(36)37-28(2,3)4/h5-10,13,17,19,22-23H,11-12,14-16H2,1-4H3,(H2,29,31)(H,30,35)(H,32,34)/t17-,19-,22?,23+/m0/s1. The van der Waals surface area contributed by atoms with Crippen LogP contribution < -0.4 is 16.4 Å². The largest absolute Gasteiger partial charge is 0.444 e. The van der Waals surface area contributed by atoms with E-state index in [4.69, 9.17) is 10.5 Å². The molecule has 0 radical (unpaired) electrons. The number of aryl methyl sites for hydroxylation is 1. The van der Waals surface area contributed by atoms with E-state index in [2.05, 4.69) is 15.6 Å². The number of likely N-dealkylation sites (tertiary alicyclic amines) is 1. The third-order valence-corrected chi connectivity index (χ3v) is 6.95. The molecule has 0 bridgehead atoms. The van der Waals surface area contributed by atoms with Gasteiger partial charge in [-0.05, 0) is 76.5 Å². The van der Waals surface area contributed by atoms with Crippen LogP contribution in [0, 0.1) is 0 Å². The SMILES string of the molecule is C[C@H](NC(=O)[C@H]1C[C@@H](c2ccccc2)CCN1C(=O)OC(C)(C)C)C(=O)NC1CCc2nc(N)ccc21. The predicted octanol–water partition coefficient (Wildman–Crippen LogP) is 3.46. The average Bonchev–Trinajstić information content (AvgIpc) is 3.24. The molecule has 4 N–H and O–H groups in total. The molecule has 1 unspecified atom stereocenters. The van der Waals surface area contributed by atoms with Gasteiger partial charge in [0.1, 0.15) is 23.5 Å². The van der Waals surface area contributed by atoms with Crippen LogP contribution in [0.25, 0.3) is 0 Å². The molecule has 198 valence electrons. The maximum Gasteiger partial charge on any atom is 0.410 e. The van der Waals surface area contributed by atoms with Crippen molar-refractivity contribution in [2.24, 2.45) is 0 Å². The Morgan fingerprint density at radius 1 is 1.11 bits per heavy atom. The highest BCUT2D eigenvalue weighted by Crippen LogP contribution is 2.33. The third-order valence-electron chi connectivity index (χ3n) is 6.95. The minimum absolute atomic E-state index is 0.120. The van der Waals surface area contributed by atoms with Crippen molar-refractivity contribution in [2.45, 2.75) is 83.0 Å². The Kier molecular flexibility index (Phi) is 7.71. The molecule has 3 amide bonds. The van der Waals surface area contributed by atoms with Crippen LogP contribution in [0.3, 0.4) is 0 Å². The molecule has 1 aromatic carbocycles. The van der Waals surface area contributed by atoms with Crippen molar-refractivity contribution in [2.75, 3.05) is 12.3 Å². The second-order valence-corrected chi connectivity index (χ2v) is 10.9. The molecule has 1 fully saturated rings. The molecule has 9 nitrogen and oxygen atoms in total. The van der Waals surface area contributed by atoms with Crippen molar-refractivity contribution in [3.8, 4) is 0 Å². The monoisotopic (exact) mass is 507 g/mol. The zero-order chi connectivity index (χ0) is 26.7. The van der Waals surface area contributed by atoms with Gasteiger partial charge in [0, 0.05) is 12.2 Å². The number of hydrogen-bond donors (Lipinski definition) is 3. The lowest BCUT2D eigenvalue weighted by molar-refractivity contribution is -0.132. The Hall–Kier alpha value is -3.62. The van der Waals surface area contributed by atoms with Crippen molar-refractivity contribution >= 4 is 23.7 Å². The maximum atomic E-state index is 13.5. The van der Waals surface area contributed by atoms with Crippen LogP contribution >= 0.6 is 0 Å². The number of anilines is 1. The number of ether oxygens (including phenoxy) is 1. The van der Waals surface area contributed by atoms with Crippen LogP contribution in [0.5, 0.6) is 0 Å². The zero-order valence-electron chi connectivity index (χ0n) is 22.0. The summed E-state index contributed by atoms with van der Waals surface area (Å²) in [5.41, 5.74) is 8.08. The van der Waals surface area contributed by atoms with Gasteiger partial charge in [-0.3, -0.25) is 14.5 Å². The van der Waals surface area contributed by atoms with Gasteiger partial charge in [-0.2, -0.15) is 0 Å². The number of fused-ring (bicyclic) bond motifs is 1. The summed E-state index contributed by atoms with van der Waals surface area (Å²) in [6.45, 7) is 7.44. The molecule has 4 rings (SSSR count). The summed E-state index contributed by atoms with van der Waals surface area (Å²) in [6, 6.07) is 11.9. The smallest absolute Gasteiger partial charge is 0.410 e. The molecule has 37 heavy (non-hydrogen) atoms. The Morgan fingerprint density at radius 3 is 2.54 bits per heavy atom. The van der Waals surface area contributed by atoms with Crippen molar-refractivity contribution < 1.29 is 19.1 Å². The number of hydrogen-bond acceptors (Lipinski definition) is 6. The number of rotatable bonds is 5. The van der Waals surface area contributed by atoms with Crippen molar-refractivity contribution in [1.29, 1.82) is 0 Å². The fourth-order valence-corrected chi connectivity index (χ4v) is 5.09. The molecule has 0 spiro atoms. The number of nitrogen functional groups attached to an aromatic ring is 1. The minimum atomic E-state index is -0.782. The van der Waals surface area contributed by atoms with E-state index in [1.54, 1.807) is 33.8 Å². The van der Waals surface area contributed by atoms with E-state index >= 15 is 0 Å². The van der Waals surface area contributed by atoms with E-state index in [1.165, 1.54) is 4.90 Å². The predicted molar refractivity (Wildman–Crippen MR) is 141 cm³/mol. The molecule has 0 saturated carbocycles. The van der Waals surface area contributed by atoms with Crippen LogP contribution in [-0.2, 0) is 20.7 Å². The molecule has 4 atom stereocenters. The van der Waals surface area contributed by atoms with Crippen LogP contribution in [0.1, 0.15) is 75.7 Å². The molecule has 2 aromatic rings. The first-order valence-corrected chi connectivity index (χ1v) is 12.9. The van der Waals surface area contributed by atoms with Crippen LogP contribution in [-0.4, -0.2) is 52.0 Å². The van der Waals surface area contributed by atoms with Crippen molar-refractivity contribution in [3.63, 3.8) is 0 Å². The second kappa shape index (κ2) is 10.8. The summed E-state index contributed by atoms with van der Waals surface area (Å²) in [6.07, 6.45) is 2.12. The first-order valence-electron chi connectivity index (χ1n) is 12.9. The fourth-order valence-electron chi connectivity index (χ4n) is 5.09. The fraction of sp³-hybridized carbons (Fsp3) is 0.500. The van der Waals surface area contributed by atoms with E-state index in [-0.39, 0.29) is 23.8 Å². The molecular weight excluding hydrogens is 470 g/mol. The maximum absolute atomic E-state index is 13.5. The third kappa shape index (κ3) is 6.39. The summed E-state index contributed by atoms with van der Waals surface area (Å²) >= 11 is 0. The van der Waals surface area contributed by atoms with Gasteiger partial charge >= 0.3 is 6.09 Å².